The molecule has 2 aromatic rings. The van der Waals surface area contributed by atoms with Crippen LogP contribution in [-0.2, 0) is 13.0 Å². The minimum absolute atomic E-state index is 0.0975. The van der Waals surface area contributed by atoms with E-state index in [1.54, 1.807) is 6.07 Å². The summed E-state index contributed by atoms with van der Waals surface area (Å²) in [4.78, 5) is 2.30. The van der Waals surface area contributed by atoms with Crippen LogP contribution < -0.4 is 10.6 Å². The Kier molecular flexibility index (Phi) is 3.88. The minimum Gasteiger partial charge on any atom is -0.389 e. The normalized spacial score (nSPS) is 14.4. The molecule has 0 spiro atoms. The van der Waals surface area contributed by atoms with E-state index < -0.39 is 0 Å². The summed E-state index contributed by atoms with van der Waals surface area (Å²) in [6.45, 7) is 1.72. The molecule has 3 rings (SSSR count). The summed E-state index contributed by atoms with van der Waals surface area (Å²) in [6.07, 6.45) is 2.13. The lowest BCUT2D eigenvalue weighted by molar-refractivity contribution is 0.623. The average Bonchev–Trinajstić information content (AvgIpc) is 2.68. The molecular formula is C17H17FN2S. The molecule has 1 heterocycles. The fraction of sp³-hybridized carbons (Fsp3) is 0.235. The highest BCUT2D eigenvalue weighted by Gasteiger charge is 2.16. The molecule has 2 aromatic carbocycles. The van der Waals surface area contributed by atoms with Crippen LogP contribution in [0.4, 0.5) is 10.1 Å². The molecule has 21 heavy (non-hydrogen) atoms. The van der Waals surface area contributed by atoms with Gasteiger partial charge in [0.05, 0.1) is 0 Å². The van der Waals surface area contributed by atoms with E-state index in [0.717, 1.165) is 31.6 Å². The van der Waals surface area contributed by atoms with Crippen molar-refractivity contribution in [2.24, 2.45) is 5.73 Å². The average molecular weight is 300 g/mol. The largest absolute Gasteiger partial charge is 0.389 e. The highest BCUT2D eigenvalue weighted by molar-refractivity contribution is 7.80. The minimum atomic E-state index is -0.350. The highest BCUT2D eigenvalue weighted by atomic mass is 32.1. The molecule has 0 saturated carbocycles. The molecule has 0 aromatic heterocycles. The summed E-state index contributed by atoms with van der Waals surface area (Å²) >= 11 is 4.85. The number of fused-ring (bicyclic) bond motifs is 1. The number of halogens is 1. The number of rotatable bonds is 2. The fourth-order valence-electron chi connectivity index (χ4n) is 2.82. The predicted octanol–water partition coefficient (Wildman–Crippen LogP) is 3.41. The van der Waals surface area contributed by atoms with E-state index in [1.807, 2.05) is 6.07 Å². The number of thiocarbonyl (C=S) groups is 1. The number of aryl methyl sites for hydroxylation is 1. The number of hydrogen-bond acceptors (Lipinski definition) is 2. The first-order valence-corrected chi connectivity index (χ1v) is 7.47. The van der Waals surface area contributed by atoms with Gasteiger partial charge in [-0.25, -0.2) is 4.39 Å². The van der Waals surface area contributed by atoms with Crippen molar-refractivity contribution >= 4 is 22.9 Å². The van der Waals surface area contributed by atoms with Gasteiger partial charge in [-0.2, -0.15) is 0 Å². The summed E-state index contributed by atoms with van der Waals surface area (Å²) in [5, 5.41) is 0. The molecule has 1 aliphatic rings. The number of anilines is 1. The Morgan fingerprint density at radius 1 is 1.14 bits per heavy atom. The maximum Gasteiger partial charge on any atom is 0.135 e. The van der Waals surface area contributed by atoms with Crippen molar-refractivity contribution in [3.05, 3.63) is 65.0 Å². The highest BCUT2D eigenvalue weighted by Crippen LogP contribution is 2.25. The van der Waals surface area contributed by atoms with Gasteiger partial charge in [-0.05, 0) is 42.2 Å². The van der Waals surface area contributed by atoms with Gasteiger partial charge in [-0.3, -0.25) is 0 Å². The maximum absolute atomic E-state index is 14.1. The van der Waals surface area contributed by atoms with Crippen molar-refractivity contribution in [3.8, 4) is 0 Å². The van der Waals surface area contributed by atoms with E-state index >= 15 is 0 Å². The summed E-state index contributed by atoms with van der Waals surface area (Å²) in [5.74, 6) is -0.350. The molecule has 108 valence electrons. The summed E-state index contributed by atoms with van der Waals surface area (Å²) in [5.41, 5.74) is 9.40. The predicted molar refractivity (Wildman–Crippen MR) is 88.1 cm³/mol. The first-order valence-electron chi connectivity index (χ1n) is 7.06. The van der Waals surface area contributed by atoms with Gasteiger partial charge in [0.15, 0.2) is 0 Å². The molecular weight excluding hydrogens is 283 g/mol. The summed E-state index contributed by atoms with van der Waals surface area (Å²) < 4.78 is 14.1. The Hall–Kier alpha value is -1.94. The second-order valence-corrected chi connectivity index (χ2v) is 5.76. The maximum atomic E-state index is 14.1. The van der Waals surface area contributed by atoms with Crippen LogP contribution in [0.15, 0.2) is 42.5 Å². The standard InChI is InChI=1S/C17H17FN2S/c18-16-10-14(7-8-15(16)17(19)21)20-9-3-6-12-4-1-2-5-13(12)11-20/h1-2,4-5,7-8,10H,3,6,9,11H2,(H2,19,21). The molecule has 0 radical (unpaired) electrons. The Labute approximate surface area is 129 Å². The molecule has 1 aliphatic heterocycles. The smallest absolute Gasteiger partial charge is 0.135 e. The Morgan fingerprint density at radius 2 is 1.90 bits per heavy atom. The van der Waals surface area contributed by atoms with E-state index in [4.69, 9.17) is 18.0 Å². The summed E-state index contributed by atoms with van der Waals surface area (Å²) in [7, 11) is 0. The van der Waals surface area contributed by atoms with Crippen LogP contribution in [0.5, 0.6) is 0 Å². The molecule has 2 nitrogen and oxygen atoms in total. The van der Waals surface area contributed by atoms with Crippen molar-refractivity contribution in [1.29, 1.82) is 0 Å². The zero-order valence-electron chi connectivity index (χ0n) is 11.7. The van der Waals surface area contributed by atoms with Crippen molar-refractivity contribution in [1.82, 2.24) is 0 Å². The van der Waals surface area contributed by atoms with Crippen molar-refractivity contribution in [2.45, 2.75) is 19.4 Å². The lowest BCUT2D eigenvalue weighted by Gasteiger charge is -2.23. The zero-order chi connectivity index (χ0) is 14.8. The first-order chi connectivity index (χ1) is 10.1. The Balaban J connectivity index is 1.91. The van der Waals surface area contributed by atoms with Gasteiger partial charge in [-0.1, -0.05) is 36.5 Å². The monoisotopic (exact) mass is 300 g/mol. The van der Waals surface area contributed by atoms with Crippen molar-refractivity contribution < 1.29 is 4.39 Å². The van der Waals surface area contributed by atoms with Gasteiger partial charge in [0.25, 0.3) is 0 Å². The molecule has 0 aliphatic carbocycles. The third-order valence-electron chi connectivity index (χ3n) is 3.94. The van der Waals surface area contributed by atoms with E-state index in [9.17, 15) is 4.39 Å². The number of nitrogens with two attached hydrogens (primary N) is 1. The molecule has 0 bridgehead atoms. The second-order valence-electron chi connectivity index (χ2n) is 5.32. The van der Waals surface area contributed by atoms with Gasteiger partial charge >= 0.3 is 0 Å². The van der Waals surface area contributed by atoms with Gasteiger partial charge < -0.3 is 10.6 Å². The zero-order valence-corrected chi connectivity index (χ0v) is 12.5. The number of hydrogen-bond donors (Lipinski definition) is 1. The van der Waals surface area contributed by atoms with Crippen LogP contribution in [0.1, 0.15) is 23.1 Å². The third-order valence-corrected chi connectivity index (χ3v) is 4.16. The van der Waals surface area contributed by atoms with E-state index in [1.165, 1.54) is 17.2 Å². The van der Waals surface area contributed by atoms with Crippen molar-refractivity contribution in [2.75, 3.05) is 11.4 Å². The van der Waals surface area contributed by atoms with Crippen LogP contribution >= 0.6 is 12.2 Å². The first kappa shape index (κ1) is 14.0. The molecule has 0 atom stereocenters. The van der Waals surface area contributed by atoms with Crippen LogP contribution in [-0.4, -0.2) is 11.5 Å². The van der Waals surface area contributed by atoms with Gasteiger partial charge in [0.2, 0.25) is 0 Å². The van der Waals surface area contributed by atoms with E-state index in [-0.39, 0.29) is 10.8 Å². The summed E-state index contributed by atoms with van der Waals surface area (Å²) in [6, 6.07) is 13.5. The molecule has 2 N–H and O–H groups in total. The lowest BCUT2D eigenvalue weighted by Crippen LogP contribution is -2.23. The van der Waals surface area contributed by atoms with Gasteiger partial charge in [-0.15, -0.1) is 0 Å². The number of nitrogens with zero attached hydrogens (tertiary/aromatic N) is 1. The second kappa shape index (κ2) is 5.82. The lowest BCUT2D eigenvalue weighted by atomic mass is 10.0. The third kappa shape index (κ3) is 2.90. The molecule has 0 amide bonds. The topological polar surface area (TPSA) is 29.3 Å². The quantitative estimate of drug-likeness (QED) is 0.862. The van der Waals surface area contributed by atoms with E-state index in [0.29, 0.717) is 5.56 Å². The molecule has 4 heteroatoms. The van der Waals surface area contributed by atoms with Gasteiger partial charge in [0, 0.05) is 24.3 Å². The SMILES string of the molecule is NC(=S)c1ccc(N2CCCc3ccccc3C2)cc1F. The molecule has 0 fully saturated rings. The van der Waals surface area contributed by atoms with Crippen LogP contribution in [0.25, 0.3) is 0 Å². The Bertz CT molecular complexity index is 684. The van der Waals surface area contributed by atoms with Crippen LogP contribution in [0.2, 0.25) is 0 Å². The molecule has 0 unspecified atom stereocenters. The Morgan fingerprint density at radius 3 is 2.62 bits per heavy atom. The van der Waals surface area contributed by atoms with Crippen LogP contribution in [0.3, 0.4) is 0 Å². The van der Waals surface area contributed by atoms with Crippen molar-refractivity contribution in [3.63, 3.8) is 0 Å². The fourth-order valence-corrected chi connectivity index (χ4v) is 2.99. The van der Waals surface area contributed by atoms with E-state index in [2.05, 4.69) is 29.2 Å². The van der Waals surface area contributed by atoms with Gasteiger partial charge in [0.1, 0.15) is 10.8 Å². The van der Waals surface area contributed by atoms with Crippen LogP contribution in [0, 0.1) is 5.82 Å². The number of benzene rings is 2. The molecule has 0 saturated heterocycles.